The second-order valence-corrected chi connectivity index (χ2v) is 7.36. The lowest BCUT2D eigenvalue weighted by Crippen LogP contribution is -2.33. The molecule has 1 amide bonds. The Morgan fingerprint density at radius 3 is 2.56 bits per heavy atom. The summed E-state index contributed by atoms with van der Waals surface area (Å²) in [5.41, 5.74) is 0.272. The van der Waals surface area contributed by atoms with E-state index in [1.807, 2.05) is 19.9 Å². The highest BCUT2D eigenvalue weighted by Gasteiger charge is 2.10. The van der Waals surface area contributed by atoms with Crippen molar-refractivity contribution in [2.45, 2.75) is 41.0 Å². The number of benzene rings is 1. The quantitative estimate of drug-likeness (QED) is 0.560. The molecule has 1 aromatic carbocycles. The van der Waals surface area contributed by atoms with E-state index in [0.717, 1.165) is 5.92 Å². The Kier molecular flexibility index (Phi) is 16.2. The second kappa shape index (κ2) is 17.8. The molecule has 1 N–H and O–H groups in total. The number of nitriles is 1. The number of allylic oxidation sites excluding steroid dienone is 2. The van der Waals surface area contributed by atoms with Gasteiger partial charge in [-0.05, 0) is 24.1 Å². The summed E-state index contributed by atoms with van der Waals surface area (Å²) in [7, 11) is 1.58. The molecule has 0 radical (unpaired) electrons. The van der Waals surface area contributed by atoms with Crippen LogP contribution >= 0.6 is 11.6 Å². The summed E-state index contributed by atoms with van der Waals surface area (Å²) in [6.07, 6.45) is 5.50. The summed E-state index contributed by atoms with van der Waals surface area (Å²) in [5, 5.41) is 12.4. The van der Waals surface area contributed by atoms with Gasteiger partial charge in [-0.1, -0.05) is 52.3 Å². The van der Waals surface area contributed by atoms with Crippen LogP contribution in [-0.4, -0.2) is 38.7 Å². The van der Waals surface area contributed by atoms with Crippen LogP contribution in [0.4, 0.5) is 0 Å². The Bertz CT molecular complexity index is 824. The molecule has 32 heavy (non-hydrogen) atoms. The summed E-state index contributed by atoms with van der Waals surface area (Å²) in [6, 6.07) is 6.81. The van der Waals surface area contributed by atoms with Crippen molar-refractivity contribution >= 4 is 23.3 Å². The smallest absolute Gasteiger partial charge is 0.263 e. The number of aliphatic imine (C=N–C) groups is 1. The molecule has 0 spiro atoms. The molecule has 0 unspecified atom stereocenters. The van der Waals surface area contributed by atoms with E-state index in [9.17, 15) is 10.1 Å². The van der Waals surface area contributed by atoms with Crippen molar-refractivity contribution in [2.24, 2.45) is 10.9 Å². The highest BCUT2D eigenvalue weighted by Crippen LogP contribution is 2.23. The van der Waals surface area contributed by atoms with Gasteiger partial charge in [0.05, 0.1) is 12.2 Å². The van der Waals surface area contributed by atoms with Crippen molar-refractivity contribution in [3.05, 3.63) is 47.1 Å². The maximum Gasteiger partial charge on any atom is 0.263 e. The predicted octanol–water partition coefficient (Wildman–Crippen LogP) is 5.21. The molecule has 1 aliphatic heterocycles. The van der Waals surface area contributed by atoms with Crippen LogP contribution in [0.15, 0.2) is 46.6 Å². The summed E-state index contributed by atoms with van der Waals surface area (Å²) in [5.74, 6) is 1.63. The summed E-state index contributed by atoms with van der Waals surface area (Å²) in [4.78, 5) is 16.0. The van der Waals surface area contributed by atoms with Gasteiger partial charge < -0.3 is 19.5 Å². The monoisotopic (exact) mass is 463 g/mol. The topological polar surface area (TPSA) is 92.9 Å². The first-order valence-electron chi connectivity index (χ1n) is 10.5. The average molecular weight is 464 g/mol. The van der Waals surface area contributed by atoms with Gasteiger partial charge in [0.2, 0.25) is 0 Å². The van der Waals surface area contributed by atoms with Gasteiger partial charge in [0.1, 0.15) is 30.0 Å². The van der Waals surface area contributed by atoms with Crippen molar-refractivity contribution in [1.82, 2.24) is 5.32 Å². The lowest BCUT2D eigenvalue weighted by molar-refractivity contribution is -0.121. The van der Waals surface area contributed by atoms with E-state index < -0.39 is 5.91 Å². The number of amides is 1. The molecule has 1 aliphatic rings. The standard InChI is InChI=1S/C18H18ClN3O4.C4H10.C2H6/c1-24-7-8-25-15-5-6-16(13(9-15)10-20)26-12-18(23)22-17-4-2-3-14(19)11-21-17;1-4(2)3;1-2/h2,4-6,9,11H,3,7-8,12H2,1H3,(H,21,22,23);4H,1-3H3;1-2H3. The van der Waals surface area contributed by atoms with Gasteiger partial charge in [-0.3, -0.25) is 4.79 Å². The first-order chi connectivity index (χ1) is 15.3. The SMILES string of the molecule is CC.CC(C)C.COCCOc1ccc(OCC(=O)NC2=NC=C(Cl)CC=C2)c(C#N)c1. The minimum atomic E-state index is -0.399. The minimum absolute atomic E-state index is 0.261. The van der Waals surface area contributed by atoms with Crippen LogP contribution in [0, 0.1) is 17.2 Å². The van der Waals surface area contributed by atoms with Crippen LogP contribution in [0.25, 0.3) is 0 Å². The van der Waals surface area contributed by atoms with Crippen molar-refractivity contribution in [3.63, 3.8) is 0 Å². The summed E-state index contributed by atoms with van der Waals surface area (Å²) >= 11 is 5.87. The van der Waals surface area contributed by atoms with Crippen molar-refractivity contribution in [2.75, 3.05) is 26.9 Å². The molecule has 0 saturated carbocycles. The number of methoxy groups -OCH3 is 1. The van der Waals surface area contributed by atoms with E-state index in [4.69, 9.17) is 25.8 Å². The molecule has 8 heteroatoms. The molecule has 7 nitrogen and oxygen atoms in total. The van der Waals surface area contributed by atoms with Gasteiger partial charge >= 0.3 is 0 Å². The van der Waals surface area contributed by atoms with Gasteiger partial charge in [-0.15, -0.1) is 0 Å². The Morgan fingerprint density at radius 2 is 1.94 bits per heavy atom. The fourth-order valence-corrected chi connectivity index (χ4v) is 2.11. The van der Waals surface area contributed by atoms with Gasteiger partial charge in [0, 0.05) is 30.8 Å². The molecular weight excluding hydrogens is 430 g/mol. The van der Waals surface area contributed by atoms with E-state index in [1.54, 1.807) is 37.5 Å². The molecular formula is C24H34ClN3O4. The fourth-order valence-electron chi connectivity index (χ4n) is 1.97. The zero-order valence-corrected chi connectivity index (χ0v) is 20.5. The summed E-state index contributed by atoms with van der Waals surface area (Å²) in [6.45, 7) is 11.1. The Balaban J connectivity index is 0.00000144. The van der Waals surface area contributed by atoms with Crippen LogP contribution in [0.1, 0.15) is 46.6 Å². The van der Waals surface area contributed by atoms with Crippen LogP contribution in [0.2, 0.25) is 0 Å². The van der Waals surface area contributed by atoms with Gasteiger partial charge in [0.15, 0.2) is 6.61 Å². The zero-order valence-electron chi connectivity index (χ0n) is 19.8. The van der Waals surface area contributed by atoms with E-state index in [2.05, 4.69) is 31.1 Å². The van der Waals surface area contributed by atoms with Crippen molar-refractivity contribution in [1.29, 1.82) is 5.26 Å². The van der Waals surface area contributed by atoms with Gasteiger partial charge in [-0.25, -0.2) is 4.99 Å². The molecule has 1 heterocycles. The second-order valence-electron chi connectivity index (χ2n) is 6.88. The van der Waals surface area contributed by atoms with Gasteiger partial charge in [0.25, 0.3) is 5.91 Å². The van der Waals surface area contributed by atoms with Crippen molar-refractivity contribution < 1.29 is 19.0 Å². The highest BCUT2D eigenvalue weighted by molar-refractivity contribution is 6.29. The third kappa shape index (κ3) is 13.5. The Labute approximate surface area is 196 Å². The number of hydrogen-bond donors (Lipinski definition) is 1. The number of amidine groups is 1. The van der Waals surface area contributed by atoms with E-state index >= 15 is 0 Å². The summed E-state index contributed by atoms with van der Waals surface area (Å²) < 4.78 is 15.8. The predicted molar refractivity (Wildman–Crippen MR) is 129 cm³/mol. The molecule has 0 atom stereocenters. The number of nitrogens with zero attached hydrogens (tertiary/aromatic N) is 2. The molecule has 0 saturated heterocycles. The maximum atomic E-state index is 12.0. The number of ether oxygens (including phenoxy) is 3. The van der Waals surface area contributed by atoms with Crippen LogP contribution in [-0.2, 0) is 9.53 Å². The number of rotatable bonds is 7. The highest BCUT2D eigenvalue weighted by atomic mass is 35.5. The molecule has 0 bridgehead atoms. The number of nitrogens with one attached hydrogen (secondary N) is 1. The largest absolute Gasteiger partial charge is 0.491 e. The number of halogens is 1. The molecule has 0 aromatic heterocycles. The minimum Gasteiger partial charge on any atom is -0.491 e. The number of hydrogen-bond acceptors (Lipinski definition) is 6. The average Bonchev–Trinajstić information content (AvgIpc) is 2.97. The van der Waals surface area contributed by atoms with Crippen LogP contribution < -0.4 is 14.8 Å². The van der Waals surface area contributed by atoms with E-state index in [0.29, 0.717) is 42.0 Å². The third-order valence-electron chi connectivity index (χ3n) is 3.19. The first-order valence-corrected chi connectivity index (χ1v) is 10.9. The Morgan fingerprint density at radius 1 is 1.25 bits per heavy atom. The first kappa shape index (κ1) is 29.2. The Hall–Kier alpha value is -2.82. The molecule has 2 rings (SSSR count). The zero-order chi connectivity index (χ0) is 24.4. The molecule has 0 fully saturated rings. The molecule has 1 aromatic rings. The third-order valence-corrected chi connectivity index (χ3v) is 3.44. The maximum absolute atomic E-state index is 12.0. The number of carbonyl (C=O) groups is 1. The van der Waals surface area contributed by atoms with Crippen molar-refractivity contribution in [3.8, 4) is 17.6 Å². The van der Waals surface area contributed by atoms with E-state index in [-0.39, 0.29) is 12.2 Å². The molecule has 0 aliphatic carbocycles. The fraction of sp³-hybridized carbons (Fsp3) is 0.458. The van der Waals surface area contributed by atoms with Crippen LogP contribution in [0.3, 0.4) is 0 Å². The molecule has 176 valence electrons. The van der Waals surface area contributed by atoms with E-state index in [1.165, 1.54) is 6.20 Å². The lowest BCUT2D eigenvalue weighted by atomic mass is 10.2. The van der Waals surface area contributed by atoms with Crippen LogP contribution in [0.5, 0.6) is 11.5 Å². The number of carbonyl (C=O) groups excluding carboxylic acids is 1. The van der Waals surface area contributed by atoms with Gasteiger partial charge in [-0.2, -0.15) is 5.26 Å². The lowest BCUT2D eigenvalue weighted by Gasteiger charge is -2.10. The normalized spacial score (nSPS) is 12.0.